The zero-order valence-electron chi connectivity index (χ0n) is 16.4. The van der Waals surface area contributed by atoms with E-state index in [-0.39, 0.29) is 17.1 Å². The van der Waals surface area contributed by atoms with Crippen LogP contribution >= 0.6 is 11.8 Å². The van der Waals surface area contributed by atoms with Crippen LogP contribution in [0.25, 0.3) is 0 Å². The first-order valence-electron chi connectivity index (χ1n) is 9.83. The molecule has 1 saturated carbocycles. The van der Waals surface area contributed by atoms with E-state index in [0.717, 1.165) is 36.1 Å². The molecule has 2 fully saturated rings. The van der Waals surface area contributed by atoms with Crippen molar-refractivity contribution in [2.75, 3.05) is 14.2 Å². The minimum atomic E-state index is -0.636. The van der Waals surface area contributed by atoms with Crippen LogP contribution < -0.4 is 9.47 Å². The molecule has 5 heteroatoms. The van der Waals surface area contributed by atoms with E-state index in [1.807, 2.05) is 36.4 Å². The van der Waals surface area contributed by atoms with Crippen molar-refractivity contribution in [1.82, 2.24) is 0 Å². The molecule has 1 aliphatic heterocycles. The standard InChI is InChI=1S/C23H26O4S/c1-25-18-12-11-16(15-19(18)26-2)20-21(28-17-9-5-3-6-10-17)22(24)23(27-20)13-7-4-8-14-23/h3,5-6,9-12,15,20-21H,4,7-8,13-14H2,1-2H3/t20-,21-/m1/s1. The van der Waals surface area contributed by atoms with Crippen LogP contribution in [0.2, 0.25) is 0 Å². The van der Waals surface area contributed by atoms with Crippen LogP contribution in [0.5, 0.6) is 11.5 Å². The molecular weight excluding hydrogens is 372 g/mol. The molecule has 148 valence electrons. The monoisotopic (exact) mass is 398 g/mol. The SMILES string of the molecule is COc1ccc([C@H]2OC3(CCCCC3)C(=O)[C@@H]2Sc2ccccc2)cc1OC. The van der Waals surface area contributed by atoms with Gasteiger partial charge < -0.3 is 14.2 Å². The number of hydrogen-bond acceptors (Lipinski definition) is 5. The van der Waals surface area contributed by atoms with E-state index in [4.69, 9.17) is 14.2 Å². The van der Waals surface area contributed by atoms with Crippen LogP contribution in [0.15, 0.2) is 53.4 Å². The lowest BCUT2D eigenvalue weighted by Gasteiger charge is -2.31. The lowest BCUT2D eigenvalue weighted by atomic mass is 9.82. The Morgan fingerprint density at radius 1 is 0.964 bits per heavy atom. The minimum absolute atomic E-state index is 0.237. The lowest BCUT2D eigenvalue weighted by molar-refractivity contribution is -0.137. The quantitative estimate of drug-likeness (QED) is 0.692. The zero-order valence-corrected chi connectivity index (χ0v) is 17.2. The minimum Gasteiger partial charge on any atom is -0.493 e. The van der Waals surface area contributed by atoms with Gasteiger partial charge in [-0.25, -0.2) is 0 Å². The summed E-state index contributed by atoms with van der Waals surface area (Å²) in [6, 6.07) is 15.9. The van der Waals surface area contributed by atoms with Crippen LogP contribution in [0.4, 0.5) is 0 Å². The third-order valence-electron chi connectivity index (χ3n) is 5.74. The van der Waals surface area contributed by atoms with E-state index < -0.39 is 5.60 Å². The fourth-order valence-corrected chi connectivity index (χ4v) is 5.55. The molecule has 4 rings (SSSR count). The maximum Gasteiger partial charge on any atom is 0.180 e. The zero-order chi connectivity index (χ0) is 19.6. The summed E-state index contributed by atoms with van der Waals surface area (Å²) < 4.78 is 17.4. The Bertz CT molecular complexity index is 830. The number of thioether (sulfide) groups is 1. The average Bonchev–Trinajstić information content (AvgIpc) is 3.00. The smallest absolute Gasteiger partial charge is 0.180 e. The summed E-state index contributed by atoms with van der Waals surface area (Å²) in [6.45, 7) is 0. The molecule has 0 unspecified atom stereocenters. The van der Waals surface area contributed by atoms with Crippen LogP contribution in [0.1, 0.15) is 43.8 Å². The van der Waals surface area contributed by atoms with Gasteiger partial charge in [0.15, 0.2) is 17.3 Å². The van der Waals surface area contributed by atoms with Crippen molar-refractivity contribution < 1.29 is 19.0 Å². The summed E-state index contributed by atoms with van der Waals surface area (Å²) in [5.74, 6) is 1.57. The summed E-state index contributed by atoms with van der Waals surface area (Å²) in [6.07, 6.45) is 4.62. The molecule has 0 N–H and O–H groups in total. The Hall–Kier alpha value is -1.98. The van der Waals surface area contributed by atoms with E-state index in [1.54, 1.807) is 26.0 Å². The van der Waals surface area contributed by atoms with Crippen molar-refractivity contribution in [3.05, 3.63) is 54.1 Å². The maximum atomic E-state index is 13.5. The Morgan fingerprint density at radius 3 is 2.36 bits per heavy atom. The summed E-state index contributed by atoms with van der Waals surface area (Å²) in [5, 5.41) is -0.265. The van der Waals surface area contributed by atoms with Crippen LogP contribution in [-0.4, -0.2) is 30.9 Å². The van der Waals surface area contributed by atoms with Gasteiger partial charge in [-0.3, -0.25) is 4.79 Å². The van der Waals surface area contributed by atoms with E-state index >= 15 is 0 Å². The topological polar surface area (TPSA) is 44.8 Å². The summed E-state index contributed by atoms with van der Waals surface area (Å²) in [4.78, 5) is 14.6. The number of ether oxygens (including phenoxy) is 3. The van der Waals surface area contributed by atoms with E-state index in [1.165, 1.54) is 6.42 Å². The second kappa shape index (κ2) is 8.18. The number of carbonyl (C=O) groups excluding carboxylic acids is 1. The van der Waals surface area contributed by atoms with Gasteiger partial charge in [0, 0.05) is 4.90 Å². The van der Waals surface area contributed by atoms with E-state index in [9.17, 15) is 4.79 Å². The second-order valence-electron chi connectivity index (χ2n) is 7.42. The van der Waals surface area contributed by atoms with Gasteiger partial charge in [0.2, 0.25) is 0 Å². The van der Waals surface area contributed by atoms with Crippen molar-refractivity contribution in [2.45, 2.75) is 54.0 Å². The predicted molar refractivity (Wildman–Crippen MR) is 110 cm³/mol. The van der Waals surface area contributed by atoms with Crippen molar-refractivity contribution >= 4 is 17.5 Å². The number of methoxy groups -OCH3 is 2. The number of ketones is 1. The molecule has 28 heavy (non-hydrogen) atoms. The molecule has 0 radical (unpaired) electrons. The first-order chi connectivity index (χ1) is 13.7. The van der Waals surface area contributed by atoms with E-state index in [0.29, 0.717) is 11.5 Å². The van der Waals surface area contributed by atoms with Gasteiger partial charge in [-0.1, -0.05) is 43.5 Å². The Labute approximate surface area is 170 Å². The molecule has 0 bridgehead atoms. The van der Waals surface area contributed by atoms with Crippen molar-refractivity contribution in [2.24, 2.45) is 0 Å². The molecule has 1 heterocycles. The van der Waals surface area contributed by atoms with Crippen molar-refractivity contribution in [3.8, 4) is 11.5 Å². The molecule has 1 saturated heterocycles. The van der Waals surface area contributed by atoms with Gasteiger partial charge in [0.05, 0.1) is 14.2 Å². The fourth-order valence-electron chi connectivity index (χ4n) is 4.28. The number of hydrogen-bond donors (Lipinski definition) is 0. The average molecular weight is 399 g/mol. The second-order valence-corrected chi connectivity index (χ2v) is 8.64. The van der Waals surface area contributed by atoms with Gasteiger partial charge in [0.25, 0.3) is 0 Å². The summed E-state index contributed by atoms with van der Waals surface area (Å²) >= 11 is 1.61. The molecule has 2 atom stereocenters. The highest BCUT2D eigenvalue weighted by Gasteiger charge is 2.55. The highest BCUT2D eigenvalue weighted by Crippen LogP contribution is 2.51. The molecular formula is C23H26O4S. The maximum absolute atomic E-state index is 13.5. The molecule has 0 aromatic heterocycles. The van der Waals surface area contributed by atoms with E-state index in [2.05, 4.69) is 12.1 Å². The molecule has 0 amide bonds. The van der Waals surface area contributed by atoms with Gasteiger partial charge in [-0.15, -0.1) is 11.8 Å². The largest absolute Gasteiger partial charge is 0.493 e. The summed E-state index contributed by atoms with van der Waals surface area (Å²) in [7, 11) is 3.25. The third kappa shape index (κ3) is 3.53. The number of rotatable bonds is 5. The Morgan fingerprint density at radius 2 is 1.68 bits per heavy atom. The van der Waals surface area contributed by atoms with Gasteiger partial charge >= 0.3 is 0 Å². The summed E-state index contributed by atoms with van der Waals surface area (Å²) in [5.41, 5.74) is 0.324. The fraction of sp³-hybridized carbons (Fsp3) is 0.435. The molecule has 2 aromatic carbocycles. The predicted octanol–water partition coefficient (Wildman–Crippen LogP) is 5.21. The lowest BCUT2D eigenvalue weighted by Crippen LogP contribution is -2.40. The number of Topliss-reactive ketones (excluding diaryl/α,β-unsaturated/α-hetero) is 1. The molecule has 1 spiro atoms. The normalized spacial score (nSPS) is 23.7. The van der Waals surface area contributed by atoms with Gasteiger partial charge in [0.1, 0.15) is 17.0 Å². The Balaban J connectivity index is 1.70. The Kier molecular flexibility index (Phi) is 5.65. The number of carbonyl (C=O) groups is 1. The molecule has 2 aromatic rings. The highest BCUT2D eigenvalue weighted by molar-refractivity contribution is 8.00. The van der Waals surface area contributed by atoms with Gasteiger partial charge in [-0.2, -0.15) is 0 Å². The van der Waals surface area contributed by atoms with Crippen LogP contribution in [0.3, 0.4) is 0 Å². The molecule has 1 aliphatic carbocycles. The molecule has 4 nitrogen and oxygen atoms in total. The van der Waals surface area contributed by atoms with Crippen LogP contribution in [0, 0.1) is 0 Å². The van der Waals surface area contributed by atoms with Crippen molar-refractivity contribution in [3.63, 3.8) is 0 Å². The highest BCUT2D eigenvalue weighted by atomic mass is 32.2. The third-order valence-corrected chi connectivity index (χ3v) is 7.00. The van der Waals surface area contributed by atoms with Crippen molar-refractivity contribution in [1.29, 1.82) is 0 Å². The van der Waals surface area contributed by atoms with Gasteiger partial charge in [-0.05, 0) is 42.7 Å². The first kappa shape index (κ1) is 19.3. The molecule has 2 aliphatic rings. The first-order valence-corrected chi connectivity index (χ1v) is 10.7. The van der Waals surface area contributed by atoms with Crippen LogP contribution in [-0.2, 0) is 9.53 Å². The number of benzene rings is 2.